The highest BCUT2D eigenvalue weighted by molar-refractivity contribution is 9.10. The minimum Gasteiger partial charge on any atom is -0.317 e. The molecule has 1 aliphatic heterocycles. The Labute approximate surface area is 135 Å². The Morgan fingerprint density at radius 2 is 2.05 bits per heavy atom. The van der Waals surface area contributed by atoms with Gasteiger partial charge in [0.15, 0.2) is 0 Å². The van der Waals surface area contributed by atoms with Crippen LogP contribution in [0.1, 0.15) is 31.7 Å². The average molecular weight is 366 g/mol. The molecule has 114 valence electrons. The molecule has 0 atom stereocenters. The Kier molecular flexibility index (Phi) is 8.03. The van der Waals surface area contributed by atoms with Crippen LogP contribution in [-0.4, -0.2) is 30.6 Å². The fourth-order valence-electron chi connectivity index (χ4n) is 2.73. The van der Waals surface area contributed by atoms with Gasteiger partial charge >= 0.3 is 0 Å². The molecule has 2 nitrogen and oxygen atoms in total. The predicted molar refractivity (Wildman–Crippen MR) is 87.9 cm³/mol. The van der Waals surface area contributed by atoms with Crippen molar-refractivity contribution in [2.45, 2.75) is 38.8 Å². The van der Waals surface area contributed by atoms with Crippen molar-refractivity contribution in [2.24, 2.45) is 0 Å². The van der Waals surface area contributed by atoms with Crippen LogP contribution in [0.3, 0.4) is 0 Å². The summed E-state index contributed by atoms with van der Waals surface area (Å²) in [6.45, 7) is 6.09. The van der Waals surface area contributed by atoms with E-state index >= 15 is 0 Å². The number of piperidine rings is 1. The summed E-state index contributed by atoms with van der Waals surface area (Å²) in [4.78, 5) is 2.44. The maximum absolute atomic E-state index is 13.9. The maximum atomic E-state index is 13.9. The van der Waals surface area contributed by atoms with E-state index in [0.717, 1.165) is 48.9 Å². The lowest BCUT2D eigenvalue weighted by Gasteiger charge is -2.34. The van der Waals surface area contributed by atoms with E-state index in [1.807, 2.05) is 6.07 Å². The molecule has 0 spiro atoms. The van der Waals surface area contributed by atoms with Gasteiger partial charge in [0.25, 0.3) is 0 Å². The smallest absolute Gasteiger partial charge is 0.127 e. The first-order valence-corrected chi connectivity index (χ1v) is 7.88. The minimum atomic E-state index is -0.0989. The average Bonchev–Trinajstić information content (AvgIpc) is 2.43. The molecule has 0 aromatic heterocycles. The van der Waals surface area contributed by atoms with Gasteiger partial charge in [0.05, 0.1) is 0 Å². The van der Waals surface area contributed by atoms with E-state index in [1.165, 1.54) is 0 Å². The van der Waals surface area contributed by atoms with Gasteiger partial charge in [-0.25, -0.2) is 4.39 Å². The van der Waals surface area contributed by atoms with Crippen molar-refractivity contribution in [3.63, 3.8) is 0 Å². The Morgan fingerprint density at radius 3 is 2.70 bits per heavy atom. The molecule has 0 unspecified atom stereocenters. The number of halogens is 3. The molecule has 1 saturated heterocycles. The molecule has 1 N–H and O–H groups in total. The standard InChI is InChI=1S/C15H22BrFN2.ClH/c1-2-9-19(14-5-7-18-8-6-14)11-12-10-13(16)3-4-15(12)17;/h3-4,10,14,18H,2,5-9,11H2,1H3;1H. The molecule has 1 aliphatic rings. The molecule has 0 aliphatic carbocycles. The van der Waals surface area contributed by atoms with E-state index in [4.69, 9.17) is 0 Å². The van der Waals surface area contributed by atoms with E-state index in [9.17, 15) is 4.39 Å². The lowest BCUT2D eigenvalue weighted by molar-refractivity contribution is 0.152. The number of nitrogens with zero attached hydrogens (tertiary/aromatic N) is 1. The molecule has 5 heteroatoms. The summed E-state index contributed by atoms with van der Waals surface area (Å²) in [5.74, 6) is -0.0989. The third-order valence-electron chi connectivity index (χ3n) is 3.72. The second-order valence-electron chi connectivity index (χ2n) is 5.19. The first-order valence-electron chi connectivity index (χ1n) is 7.09. The van der Waals surface area contributed by atoms with Gasteiger partial charge in [-0.2, -0.15) is 0 Å². The summed E-state index contributed by atoms with van der Waals surface area (Å²) in [7, 11) is 0. The van der Waals surface area contributed by atoms with Crippen LogP contribution in [0.4, 0.5) is 4.39 Å². The van der Waals surface area contributed by atoms with Crippen LogP contribution in [0.25, 0.3) is 0 Å². The lowest BCUT2D eigenvalue weighted by Crippen LogP contribution is -2.43. The van der Waals surface area contributed by atoms with Crippen molar-refractivity contribution in [2.75, 3.05) is 19.6 Å². The summed E-state index contributed by atoms with van der Waals surface area (Å²) in [6.07, 6.45) is 3.44. The molecule has 1 aromatic rings. The summed E-state index contributed by atoms with van der Waals surface area (Å²) in [5, 5.41) is 3.39. The normalized spacial score (nSPS) is 16.2. The van der Waals surface area contributed by atoms with Gasteiger partial charge in [-0.15, -0.1) is 12.4 Å². The van der Waals surface area contributed by atoms with Gasteiger partial charge in [0, 0.05) is 22.6 Å². The fourth-order valence-corrected chi connectivity index (χ4v) is 3.14. The zero-order valence-corrected chi connectivity index (χ0v) is 14.3. The molecule has 0 bridgehead atoms. The number of nitrogens with one attached hydrogen (secondary N) is 1. The van der Waals surface area contributed by atoms with E-state index in [0.29, 0.717) is 12.6 Å². The SMILES string of the molecule is CCCN(Cc1cc(Br)ccc1F)C1CCNCC1.Cl. The van der Waals surface area contributed by atoms with E-state index < -0.39 is 0 Å². The first-order chi connectivity index (χ1) is 9.20. The van der Waals surface area contributed by atoms with Crippen LogP contribution in [0.5, 0.6) is 0 Å². The van der Waals surface area contributed by atoms with Crippen molar-refractivity contribution in [1.29, 1.82) is 0 Å². The van der Waals surface area contributed by atoms with Gasteiger partial charge < -0.3 is 5.32 Å². The molecule has 1 heterocycles. The Morgan fingerprint density at radius 1 is 1.35 bits per heavy atom. The minimum absolute atomic E-state index is 0. The van der Waals surface area contributed by atoms with E-state index in [1.54, 1.807) is 12.1 Å². The topological polar surface area (TPSA) is 15.3 Å². The summed E-state index contributed by atoms with van der Waals surface area (Å²) >= 11 is 3.43. The quantitative estimate of drug-likeness (QED) is 0.849. The second kappa shape index (κ2) is 8.98. The molecule has 0 amide bonds. The number of hydrogen-bond donors (Lipinski definition) is 1. The molecular weight excluding hydrogens is 343 g/mol. The fraction of sp³-hybridized carbons (Fsp3) is 0.600. The molecule has 0 saturated carbocycles. The molecule has 0 radical (unpaired) electrons. The van der Waals surface area contributed by atoms with Crippen molar-refractivity contribution in [3.8, 4) is 0 Å². The first kappa shape index (κ1) is 17.9. The third-order valence-corrected chi connectivity index (χ3v) is 4.21. The lowest BCUT2D eigenvalue weighted by atomic mass is 10.0. The van der Waals surface area contributed by atoms with E-state index in [-0.39, 0.29) is 18.2 Å². The molecule has 2 rings (SSSR count). The van der Waals surface area contributed by atoms with Gasteiger partial charge in [0.2, 0.25) is 0 Å². The summed E-state index contributed by atoms with van der Waals surface area (Å²) < 4.78 is 14.8. The summed E-state index contributed by atoms with van der Waals surface area (Å²) in [6, 6.07) is 5.79. The van der Waals surface area contributed by atoms with Gasteiger partial charge in [0.1, 0.15) is 5.82 Å². The Bertz CT molecular complexity index is 411. The van der Waals surface area contributed by atoms with Crippen LogP contribution in [-0.2, 0) is 6.54 Å². The Balaban J connectivity index is 0.00000200. The van der Waals surface area contributed by atoms with Gasteiger partial charge in [-0.3, -0.25) is 4.90 Å². The molecule has 1 aromatic carbocycles. The van der Waals surface area contributed by atoms with Gasteiger partial charge in [-0.1, -0.05) is 22.9 Å². The van der Waals surface area contributed by atoms with Crippen molar-refractivity contribution < 1.29 is 4.39 Å². The number of benzene rings is 1. The van der Waals surface area contributed by atoms with Crippen molar-refractivity contribution in [1.82, 2.24) is 10.2 Å². The predicted octanol–water partition coefficient (Wildman–Crippen LogP) is 3.97. The van der Waals surface area contributed by atoms with Crippen LogP contribution in [0.15, 0.2) is 22.7 Å². The highest BCUT2D eigenvalue weighted by Crippen LogP contribution is 2.20. The van der Waals surface area contributed by atoms with E-state index in [2.05, 4.69) is 33.1 Å². The molecular formula is C15H23BrClFN2. The highest BCUT2D eigenvalue weighted by atomic mass is 79.9. The molecule has 1 fully saturated rings. The zero-order valence-electron chi connectivity index (χ0n) is 11.9. The van der Waals surface area contributed by atoms with Crippen LogP contribution < -0.4 is 5.32 Å². The Hall–Kier alpha value is -0.160. The summed E-state index contributed by atoms with van der Waals surface area (Å²) in [5.41, 5.74) is 0.793. The highest BCUT2D eigenvalue weighted by Gasteiger charge is 2.21. The largest absolute Gasteiger partial charge is 0.317 e. The van der Waals surface area contributed by atoms with Crippen LogP contribution in [0, 0.1) is 5.82 Å². The van der Waals surface area contributed by atoms with Crippen LogP contribution >= 0.6 is 28.3 Å². The third kappa shape index (κ3) is 4.99. The maximum Gasteiger partial charge on any atom is 0.127 e. The number of rotatable bonds is 5. The molecule has 20 heavy (non-hydrogen) atoms. The van der Waals surface area contributed by atoms with Gasteiger partial charge in [-0.05, 0) is 57.1 Å². The number of hydrogen-bond acceptors (Lipinski definition) is 2. The monoisotopic (exact) mass is 364 g/mol. The second-order valence-corrected chi connectivity index (χ2v) is 6.10. The van der Waals surface area contributed by atoms with Crippen LogP contribution in [0.2, 0.25) is 0 Å². The zero-order chi connectivity index (χ0) is 13.7. The van der Waals surface area contributed by atoms with Crippen molar-refractivity contribution in [3.05, 3.63) is 34.1 Å². The van der Waals surface area contributed by atoms with Crippen molar-refractivity contribution >= 4 is 28.3 Å².